The summed E-state index contributed by atoms with van der Waals surface area (Å²) in [6.07, 6.45) is 0.630. The minimum atomic E-state index is -4.40. The van der Waals surface area contributed by atoms with Gasteiger partial charge < -0.3 is 4.90 Å². The lowest BCUT2D eigenvalue weighted by Gasteiger charge is -2.17. The average molecular weight is 350 g/mol. The lowest BCUT2D eigenvalue weighted by Crippen LogP contribution is -2.29. The highest BCUT2D eigenvalue weighted by Gasteiger charge is 2.33. The summed E-state index contributed by atoms with van der Waals surface area (Å²) in [7, 11) is 0. The molecule has 2 aliphatic rings. The monoisotopic (exact) mass is 350 g/mol. The van der Waals surface area contributed by atoms with E-state index in [0.29, 0.717) is 19.0 Å². The van der Waals surface area contributed by atoms with E-state index in [1.165, 1.54) is 12.1 Å². The molecule has 0 spiro atoms. The van der Waals surface area contributed by atoms with E-state index < -0.39 is 11.7 Å². The molecule has 1 saturated carbocycles. The second-order valence-corrected chi connectivity index (χ2v) is 6.67. The van der Waals surface area contributed by atoms with Gasteiger partial charge in [0.2, 0.25) is 0 Å². The summed E-state index contributed by atoms with van der Waals surface area (Å²) in [4.78, 5) is 14.2. The molecule has 0 N–H and O–H groups in total. The molecule has 25 heavy (non-hydrogen) atoms. The normalized spacial score (nSPS) is 20.9. The predicted molar refractivity (Wildman–Crippen MR) is 83.0 cm³/mol. The van der Waals surface area contributed by atoms with Crippen LogP contribution in [0.4, 0.5) is 13.2 Å². The van der Waals surface area contributed by atoms with Gasteiger partial charge in [0.25, 0.3) is 5.91 Å². The number of amides is 1. The third-order valence-corrected chi connectivity index (χ3v) is 4.81. The van der Waals surface area contributed by atoms with Crippen molar-refractivity contribution in [1.29, 1.82) is 0 Å². The van der Waals surface area contributed by atoms with Gasteiger partial charge in [-0.3, -0.25) is 4.79 Å². The van der Waals surface area contributed by atoms with Crippen LogP contribution in [-0.4, -0.2) is 38.9 Å². The summed E-state index contributed by atoms with van der Waals surface area (Å²) in [6, 6.07) is 4.43. The quantitative estimate of drug-likeness (QED) is 0.854. The highest BCUT2D eigenvalue weighted by atomic mass is 19.4. The molecule has 1 unspecified atom stereocenters. The lowest BCUT2D eigenvalue weighted by molar-refractivity contribution is -0.137. The van der Waals surface area contributed by atoms with Crippen LogP contribution in [0.1, 0.15) is 52.8 Å². The molecule has 1 aromatic carbocycles. The zero-order valence-corrected chi connectivity index (χ0v) is 13.4. The van der Waals surface area contributed by atoms with Crippen LogP contribution in [0, 0.1) is 0 Å². The number of nitrogens with zero attached hydrogens (tertiary/aromatic N) is 4. The first-order valence-electron chi connectivity index (χ1n) is 8.30. The van der Waals surface area contributed by atoms with E-state index in [2.05, 4.69) is 10.3 Å². The molecule has 2 heterocycles. The number of alkyl halides is 3. The molecule has 1 saturated heterocycles. The highest BCUT2D eigenvalue weighted by molar-refractivity contribution is 5.94. The molecule has 2 aromatic rings. The maximum Gasteiger partial charge on any atom is 0.416 e. The third kappa shape index (κ3) is 3.25. The molecule has 4 rings (SSSR count). The summed E-state index contributed by atoms with van der Waals surface area (Å²) >= 11 is 0. The number of carbonyl (C=O) groups is 1. The number of halogens is 3. The Morgan fingerprint density at radius 3 is 2.48 bits per heavy atom. The van der Waals surface area contributed by atoms with Crippen molar-refractivity contribution >= 4 is 5.91 Å². The zero-order chi connectivity index (χ0) is 17.6. The lowest BCUT2D eigenvalue weighted by atomic mass is 10.1. The van der Waals surface area contributed by atoms with Crippen LogP contribution in [0.3, 0.4) is 0 Å². The van der Waals surface area contributed by atoms with Crippen LogP contribution in [0.2, 0.25) is 0 Å². The first-order chi connectivity index (χ1) is 11.9. The molecule has 5 nitrogen and oxygen atoms in total. The van der Waals surface area contributed by atoms with Gasteiger partial charge in [-0.2, -0.15) is 13.2 Å². The first kappa shape index (κ1) is 16.1. The number of benzene rings is 1. The van der Waals surface area contributed by atoms with Gasteiger partial charge in [0, 0.05) is 30.8 Å². The maximum absolute atomic E-state index is 12.6. The van der Waals surface area contributed by atoms with E-state index in [-0.39, 0.29) is 17.5 Å². The van der Waals surface area contributed by atoms with Crippen LogP contribution in [0.5, 0.6) is 0 Å². The zero-order valence-electron chi connectivity index (χ0n) is 13.4. The van der Waals surface area contributed by atoms with Gasteiger partial charge in [0.15, 0.2) is 0 Å². The Bertz CT molecular complexity index is 780. The minimum absolute atomic E-state index is 0.0680. The van der Waals surface area contributed by atoms with E-state index in [1.54, 1.807) is 4.90 Å². The van der Waals surface area contributed by atoms with Crippen molar-refractivity contribution in [2.75, 3.05) is 13.1 Å². The molecule has 132 valence electrons. The fourth-order valence-corrected chi connectivity index (χ4v) is 3.16. The SMILES string of the molecule is O=C(c1ccc(C(F)(F)F)cc1)N1CCC(n2cc(C3CC3)nn2)C1. The summed E-state index contributed by atoms with van der Waals surface area (Å²) in [5, 5.41) is 8.35. The fraction of sp³-hybridized carbons (Fsp3) is 0.471. The molecule has 0 bridgehead atoms. The van der Waals surface area contributed by atoms with Gasteiger partial charge in [0.1, 0.15) is 0 Å². The Morgan fingerprint density at radius 2 is 1.84 bits per heavy atom. The number of aromatic nitrogens is 3. The van der Waals surface area contributed by atoms with Crippen LogP contribution in [0.15, 0.2) is 30.5 Å². The standard InChI is InChI=1S/C17H17F3N4O/c18-17(19,20)13-5-3-12(4-6-13)16(25)23-8-7-14(9-23)24-10-15(21-22-24)11-1-2-11/h3-6,10-11,14H,1-2,7-9H2. The number of rotatable bonds is 3. The number of likely N-dealkylation sites (tertiary alicyclic amines) is 1. The van der Waals surface area contributed by atoms with Gasteiger partial charge in [-0.1, -0.05) is 5.21 Å². The van der Waals surface area contributed by atoms with Gasteiger partial charge in [-0.15, -0.1) is 5.10 Å². The van der Waals surface area contributed by atoms with Crippen molar-refractivity contribution in [3.05, 3.63) is 47.3 Å². The summed E-state index contributed by atoms with van der Waals surface area (Å²) in [5.41, 5.74) is 0.525. The number of carbonyl (C=O) groups excluding carboxylic acids is 1. The van der Waals surface area contributed by atoms with Crippen LogP contribution in [0.25, 0.3) is 0 Å². The van der Waals surface area contributed by atoms with Crippen molar-refractivity contribution in [3.8, 4) is 0 Å². The molecule has 1 aliphatic heterocycles. The number of hydrogen-bond donors (Lipinski definition) is 0. The van der Waals surface area contributed by atoms with Crippen LogP contribution in [-0.2, 0) is 6.18 Å². The van der Waals surface area contributed by atoms with E-state index in [4.69, 9.17) is 0 Å². The molecule has 1 atom stereocenters. The van der Waals surface area contributed by atoms with Crippen molar-refractivity contribution in [2.24, 2.45) is 0 Å². The Kier molecular flexibility index (Phi) is 3.77. The smallest absolute Gasteiger partial charge is 0.336 e. The van der Waals surface area contributed by atoms with Crippen molar-refractivity contribution < 1.29 is 18.0 Å². The van der Waals surface area contributed by atoms with Gasteiger partial charge in [-0.05, 0) is 43.5 Å². The molecule has 1 aliphatic carbocycles. The molecule has 2 fully saturated rings. The molecule has 0 radical (unpaired) electrons. The van der Waals surface area contributed by atoms with E-state index in [9.17, 15) is 18.0 Å². The summed E-state index contributed by atoms with van der Waals surface area (Å²) in [5.74, 6) is 0.277. The van der Waals surface area contributed by atoms with Crippen LogP contribution < -0.4 is 0 Å². The third-order valence-electron chi connectivity index (χ3n) is 4.81. The van der Waals surface area contributed by atoms with Crippen molar-refractivity contribution in [3.63, 3.8) is 0 Å². The van der Waals surface area contributed by atoms with Gasteiger partial charge in [0.05, 0.1) is 17.3 Å². The van der Waals surface area contributed by atoms with Crippen molar-refractivity contribution in [1.82, 2.24) is 19.9 Å². The van der Waals surface area contributed by atoms with E-state index in [1.807, 2.05) is 10.9 Å². The predicted octanol–water partition coefficient (Wildman–Crippen LogP) is 3.26. The summed E-state index contributed by atoms with van der Waals surface area (Å²) in [6.45, 7) is 1.05. The van der Waals surface area contributed by atoms with E-state index >= 15 is 0 Å². The molecule has 8 heteroatoms. The Balaban J connectivity index is 1.42. The number of hydrogen-bond acceptors (Lipinski definition) is 3. The second kappa shape index (κ2) is 5.86. The minimum Gasteiger partial charge on any atom is -0.336 e. The Labute approximate surface area is 142 Å². The largest absolute Gasteiger partial charge is 0.416 e. The first-order valence-corrected chi connectivity index (χ1v) is 8.30. The summed E-state index contributed by atoms with van der Waals surface area (Å²) < 4.78 is 39.7. The van der Waals surface area contributed by atoms with Gasteiger partial charge in [-0.25, -0.2) is 4.68 Å². The fourth-order valence-electron chi connectivity index (χ4n) is 3.16. The molecule has 1 amide bonds. The Hall–Kier alpha value is -2.38. The van der Waals surface area contributed by atoms with Crippen LogP contribution >= 0.6 is 0 Å². The molecule has 1 aromatic heterocycles. The highest BCUT2D eigenvalue weighted by Crippen LogP contribution is 2.39. The van der Waals surface area contributed by atoms with E-state index in [0.717, 1.165) is 37.1 Å². The second-order valence-electron chi connectivity index (χ2n) is 6.67. The average Bonchev–Trinajstić information content (AvgIpc) is 3.12. The van der Waals surface area contributed by atoms with Gasteiger partial charge >= 0.3 is 6.18 Å². The molecular weight excluding hydrogens is 333 g/mol. The molecular formula is C17H17F3N4O. The van der Waals surface area contributed by atoms with Crippen molar-refractivity contribution in [2.45, 2.75) is 37.4 Å². The Morgan fingerprint density at radius 1 is 1.12 bits per heavy atom. The topological polar surface area (TPSA) is 51.0 Å². The maximum atomic E-state index is 12.6.